The van der Waals surface area contributed by atoms with E-state index in [9.17, 15) is 8.42 Å². The van der Waals surface area contributed by atoms with E-state index in [2.05, 4.69) is 15.6 Å². The molecule has 118 valence electrons. The molecule has 1 saturated carbocycles. The molecule has 7 heteroatoms. The average Bonchev–Trinajstić information content (AvgIpc) is 3.18. The van der Waals surface area contributed by atoms with Gasteiger partial charge in [-0.15, -0.1) is 0 Å². The van der Waals surface area contributed by atoms with Gasteiger partial charge in [-0.25, -0.2) is 8.42 Å². The van der Waals surface area contributed by atoms with Crippen LogP contribution in [0.5, 0.6) is 0 Å². The Morgan fingerprint density at radius 2 is 1.90 bits per heavy atom. The lowest BCUT2D eigenvalue weighted by molar-refractivity contribution is 0.123. The minimum absolute atomic E-state index is 0.200. The summed E-state index contributed by atoms with van der Waals surface area (Å²) in [7, 11) is -1.17. The van der Waals surface area contributed by atoms with Gasteiger partial charge in [-0.2, -0.15) is 0 Å². The Labute approximate surface area is 122 Å². The van der Waals surface area contributed by atoms with Crippen molar-refractivity contribution in [2.75, 3.05) is 45.4 Å². The molecule has 0 aromatic heterocycles. The first-order chi connectivity index (χ1) is 9.51. The van der Waals surface area contributed by atoms with E-state index in [1.807, 2.05) is 0 Å². The van der Waals surface area contributed by atoms with Gasteiger partial charge < -0.3 is 15.4 Å². The van der Waals surface area contributed by atoms with Crippen molar-refractivity contribution in [1.29, 1.82) is 0 Å². The Morgan fingerprint density at radius 3 is 2.45 bits per heavy atom. The van der Waals surface area contributed by atoms with Crippen molar-refractivity contribution in [1.82, 2.24) is 10.6 Å². The molecule has 20 heavy (non-hydrogen) atoms. The highest BCUT2D eigenvalue weighted by molar-refractivity contribution is 7.90. The molecule has 1 aliphatic carbocycles. The van der Waals surface area contributed by atoms with Gasteiger partial charge in [-0.05, 0) is 31.6 Å². The van der Waals surface area contributed by atoms with Crippen molar-refractivity contribution < 1.29 is 13.2 Å². The number of nitrogens with one attached hydrogen (secondary N) is 2. The molecule has 1 rings (SSSR count). The van der Waals surface area contributed by atoms with Gasteiger partial charge in [0.2, 0.25) is 0 Å². The summed E-state index contributed by atoms with van der Waals surface area (Å²) in [5, 5.41) is 6.28. The summed E-state index contributed by atoms with van der Waals surface area (Å²) < 4.78 is 27.5. The quantitative estimate of drug-likeness (QED) is 0.347. The van der Waals surface area contributed by atoms with Crippen LogP contribution in [0.4, 0.5) is 0 Å². The molecule has 0 aromatic carbocycles. The Morgan fingerprint density at radius 1 is 1.25 bits per heavy atom. The predicted octanol–water partition coefficient (Wildman–Crippen LogP) is 0.403. The number of nitrogens with zero attached hydrogens (tertiary/aromatic N) is 1. The first-order valence-corrected chi connectivity index (χ1v) is 9.27. The molecule has 6 nitrogen and oxygen atoms in total. The zero-order valence-corrected chi connectivity index (χ0v) is 13.3. The third kappa shape index (κ3) is 10.0. The molecule has 0 aromatic rings. The van der Waals surface area contributed by atoms with Gasteiger partial charge in [0, 0.05) is 39.6 Å². The highest BCUT2D eigenvalue weighted by atomic mass is 32.2. The van der Waals surface area contributed by atoms with Gasteiger partial charge in [0.05, 0.1) is 5.75 Å². The molecule has 0 saturated heterocycles. The molecule has 0 radical (unpaired) electrons. The maximum atomic E-state index is 11.0. The van der Waals surface area contributed by atoms with Crippen LogP contribution in [0.15, 0.2) is 4.99 Å². The second-order valence-electron chi connectivity index (χ2n) is 5.28. The third-order valence-electron chi connectivity index (χ3n) is 3.02. The summed E-state index contributed by atoms with van der Waals surface area (Å²) in [5.41, 5.74) is 0. The zero-order chi connectivity index (χ0) is 14.8. The number of hydrogen-bond donors (Lipinski definition) is 2. The lowest BCUT2D eigenvalue weighted by Crippen LogP contribution is -2.38. The van der Waals surface area contributed by atoms with Gasteiger partial charge in [0.1, 0.15) is 9.84 Å². The molecule has 0 atom stereocenters. The van der Waals surface area contributed by atoms with Crippen molar-refractivity contribution >= 4 is 15.8 Å². The normalized spacial score (nSPS) is 16.2. The van der Waals surface area contributed by atoms with Crippen LogP contribution >= 0.6 is 0 Å². The first-order valence-electron chi connectivity index (χ1n) is 7.21. The van der Waals surface area contributed by atoms with E-state index in [4.69, 9.17) is 4.74 Å². The molecule has 0 amide bonds. The van der Waals surface area contributed by atoms with Crippen LogP contribution in [0.1, 0.15) is 25.7 Å². The van der Waals surface area contributed by atoms with E-state index in [1.54, 1.807) is 7.05 Å². The summed E-state index contributed by atoms with van der Waals surface area (Å²) in [6, 6.07) is 0. The number of aliphatic imine (C=N–C) groups is 1. The Hall–Kier alpha value is -0.820. The van der Waals surface area contributed by atoms with Crippen LogP contribution in [0, 0.1) is 5.92 Å². The fraction of sp³-hybridized carbons (Fsp3) is 0.923. The van der Waals surface area contributed by atoms with Crippen LogP contribution in [-0.4, -0.2) is 59.7 Å². The summed E-state index contributed by atoms with van der Waals surface area (Å²) >= 11 is 0. The van der Waals surface area contributed by atoms with Crippen molar-refractivity contribution in [2.24, 2.45) is 10.9 Å². The van der Waals surface area contributed by atoms with Crippen LogP contribution < -0.4 is 10.6 Å². The Kier molecular flexibility index (Phi) is 7.91. The highest BCUT2D eigenvalue weighted by Crippen LogP contribution is 2.28. The van der Waals surface area contributed by atoms with Gasteiger partial charge in [0.25, 0.3) is 0 Å². The van der Waals surface area contributed by atoms with E-state index < -0.39 is 9.84 Å². The minimum atomic E-state index is -2.87. The van der Waals surface area contributed by atoms with Crippen molar-refractivity contribution in [3.05, 3.63) is 0 Å². The molecule has 0 aliphatic heterocycles. The van der Waals surface area contributed by atoms with Gasteiger partial charge >= 0.3 is 0 Å². The number of hydrogen-bond acceptors (Lipinski definition) is 4. The molecule has 1 fully saturated rings. The van der Waals surface area contributed by atoms with E-state index in [-0.39, 0.29) is 5.75 Å². The topological polar surface area (TPSA) is 79.8 Å². The Balaban J connectivity index is 1.95. The highest BCUT2D eigenvalue weighted by Gasteiger charge is 2.20. The van der Waals surface area contributed by atoms with Crippen LogP contribution in [0.25, 0.3) is 0 Å². The zero-order valence-electron chi connectivity index (χ0n) is 12.5. The summed E-state index contributed by atoms with van der Waals surface area (Å²) in [4.78, 5) is 4.08. The van der Waals surface area contributed by atoms with Crippen molar-refractivity contribution in [3.8, 4) is 0 Å². The largest absolute Gasteiger partial charge is 0.381 e. The molecule has 0 bridgehead atoms. The molecule has 0 spiro atoms. The summed E-state index contributed by atoms with van der Waals surface area (Å²) in [5.74, 6) is 1.72. The van der Waals surface area contributed by atoms with Crippen LogP contribution in [0.3, 0.4) is 0 Å². The molecular weight excluding hydrogens is 278 g/mol. The number of rotatable bonds is 10. The van der Waals surface area contributed by atoms with E-state index >= 15 is 0 Å². The van der Waals surface area contributed by atoms with Gasteiger partial charge in [-0.1, -0.05) is 0 Å². The second-order valence-corrected chi connectivity index (χ2v) is 7.54. The van der Waals surface area contributed by atoms with Crippen molar-refractivity contribution in [3.63, 3.8) is 0 Å². The molecule has 1 aliphatic rings. The molecule has 2 N–H and O–H groups in total. The van der Waals surface area contributed by atoms with Gasteiger partial charge in [0.15, 0.2) is 5.96 Å². The SMILES string of the molecule is CN=C(NCCCOCC1CC1)NCCCS(C)(=O)=O. The summed E-state index contributed by atoms with van der Waals surface area (Å²) in [6.45, 7) is 3.08. The van der Waals surface area contributed by atoms with Crippen LogP contribution in [0.2, 0.25) is 0 Å². The number of guanidine groups is 1. The standard InChI is InChI=1S/C13H27N3O3S/c1-14-13(16-8-4-10-20(2,17)18)15-7-3-9-19-11-12-5-6-12/h12H,3-11H2,1-2H3,(H2,14,15,16). The first kappa shape index (κ1) is 17.2. The van der Waals surface area contributed by atoms with E-state index in [1.165, 1.54) is 19.1 Å². The maximum Gasteiger partial charge on any atom is 0.190 e. The van der Waals surface area contributed by atoms with E-state index in [0.29, 0.717) is 18.9 Å². The lowest BCUT2D eigenvalue weighted by atomic mass is 10.4. The number of sulfone groups is 1. The summed E-state index contributed by atoms with van der Waals surface area (Å²) in [6.07, 6.45) is 5.42. The lowest BCUT2D eigenvalue weighted by Gasteiger charge is -2.11. The fourth-order valence-corrected chi connectivity index (χ4v) is 2.35. The van der Waals surface area contributed by atoms with E-state index in [0.717, 1.165) is 32.1 Å². The maximum absolute atomic E-state index is 11.0. The average molecular weight is 305 g/mol. The second kappa shape index (κ2) is 9.18. The Bertz CT molecular complexity index is 392. The monoisotopic (exact) mass is 305 g/mol. The smallest absolute Gasteiger partial charge is 0.190 e. The predicted molar refractivity (Wildman–Crippen MR) is 81.9 cm³/mol. The number of ether oxygens (including phenoxy) is 1. The van der Waals surface area contributed by atoms with Crippen LogP contribution in [-0.2, 0) is 14.6 Å². The van der Waals surface area contributed by atoms with Crippen molar-refractivity contribution in [2.45, 2.75) is 25.7 Å². The third-order valence-corrected chi connectivity index (χ3v) is 4.05. The molecular formula is C13H27N3O3S. The fourth-order valence-electron chi connectivity index (χ4n) is 1.68. The van der Waals surface area contributed by atoms with Gasteiger partial charge in [-0.3, -0.25) is 4.99 Å². The molecule has 0 heterocycles. The minimum Gasteiger partial charge on any atom is -0.381 e. The molecule has 0 unspecified atom stereocenters.